The van der Waals surface area contributed by atoms with Crippen LogP contribution >= 0.6 is 11.6 Å². The van der Waals surface area contributed by atoms with Crippen LogP contribution in [-0.4, -0.2) is 15.1 Å². The zero-order valence-corrected chi connectivity index (χ0v) is 7.17. The van der Waals surface area contributed by atoms with Gasteiger partial charge in [0.2, 0.25) is 0 Å². The quantitative estimate of drug-likeness (QED) is 0.624. The van der Waals surface area contributed by atoms with Crippen molar-refractivity contribution in [2.75, 3.05) is 0 Å². The van der Waals surface area contributed by atoms with Crippen LogP contribution in [0.25, 0.3) is 10.9 Å². The molecule has 1 aromatic carbocycles. The van der Waals surface area contributed by atoms with Gasteiger partial charge in [-0.05, 0) is 12.1 Å². The number of aromatic amines is 1. The predicted molar refractivity (Wildman–Crippen MR) is 49.0 cm³/mol. The molecule has 66 valence electrons. The molecule has 0 amide bonds. The van der Waals surface area contributed by atoms with Gasteiger partial charge in [0, 0.05) is 0 Å². The van der Waals surface area contributed by atoms with E-state index in [1.165, 1.54) is 6.07 Å². The Labute approximate surface area is 77.8 Å². The monoisotopic (exact) mass is 196 g/mol. The van der Waals surface area contributed by atoms with Crippen molar-refractivity contribution >= 4 is 22.5 Å². The van der Waals surface area contributed by atoms with Gasteiger partial charge in [-0.2, -0.15) is 4.98 Å². The minimum atomic E-state index is -0.525. The highest BCUT2D eigenvalue weighted by atomic mass is 35.5. The van der Waals surface area contributed by atoms with Crippen LogP contribution in [0, 0.1) is 0 Å². The van der Waals surface area contributed by atoms with E-state index in [4.69, 9.17) is 11.6 Å². The SMILES string of the molecule is O=c1nc2cccc(O)c2c(Cl)[nH]1. The van der Waals surface area contributed by atoms with Crippen molar-refractivity contribution in [2.24, 2.45) is 0 Å². The van der Waals surface area contributed by atoms with Gasteiger partial charge in [0.05, 0.1) is 10.9 Å². The summed E-state index contributed by atoms with van der Waals surface area (Å²) in [5, 5.41) is 9.87. The van der Waals surface area contributed by atoms with E-state index >= 15 is 0 Å². The summed E-state index contributed by atoms with van der Waals surface area (Å²) in [6.07, 6.45) is 0. The lowest BCUT2D eigenvalue weighted by atomic mass is 10.2. The topological polar surface area (TPSA) is 66.0 Å². The molecule has 2 aromatic rings. The molecule has 0 bridgehead atoms. The molecule has 0 radical (unpaired) electrons. The Hall–Kier alpha value is -1.55. The second kappa shape index (κ2) is 2.74. The van der Waals surface area contributed by atoms with E-state index < -0.39 is 5.69 Å². The molecule has 1 aromatic heterocycles. The molecule has 1 heterocycles. The van der Waals surface area contributed by atoms with Crippen molar-refractivity contribution in [3.8, 4) is 5.75 Å². The van der Waals surface area contributed by atoms with Crippen LogP contribution in [0.4, 0.5) is 0 Å². The van der Waals surface area contributed by atoms with Crippen LogP contribution in [0.3, 0.4) is 0 Å². The number of halogens is 1. The molecule has 0 aliphatic carbocycles. The van der Waals surface area contributed by atoms with Gasteiger partial charge in [0.1, 0.15) is 10.9 Å². The lowest BCUT2D eigenvalue weighted by Gasteiger charge is -2.00. The summed E-state index contributed by atoms with van der Waals surface area (Å²) in [5.41, 5.74) is -0.142. The Morgan fingerprint density at radius 1 is 1.46 bits per heavy atom. The number of phenols is 1. The number of aromatic hydroxyl groups is 1. The lowest BCUT2D eigenvalue weighted by molar-refractivity contribution is 0.481. The number of hydrogen-bond acceptors (Lipinski definition) is 3. The van der Waals surface area contributed by atoms with Gasteiger partial charge in [-0.3, -0.25) is 4.98 Å². The van der Waals surface area contributed by atoms with Crippen LogP contribution in [0.1, 0.15) is 0 Å². The maximum atomic E-state index is 10.9. The van der Waals surface area contributed by atoms with Crippen LogP contribution in [-0.2, 0) is 0 Å². The lowest BCUT2D eigenvalue weighted by Crippen LogP contribution is -2.09. The van der Waals surface area contributed by atoms with E-state index in [2.05, 4.69) is 9.97 Å². The van der Waals surface area contributed by atoms with Crippen molar-refractivity contribution < 1.29 is 5.11 Å². The highest BCUT2D eigenvalue weighted by molar-refractivity contribution is 6.34. The molecule has 2 rings (SSSR count). The van der Waals surface area contributed by atoms with Gasteiger partial charge >= 0.3 is 5.69 Å². The number of H-pyrrole nitrogens is 1. The first-order chi connectivity index (χ1) is 6.18. The first-order valence-electron chi connectivity index (χ1n) is 3.56. The van der Waals surface area contributed by atoms with Gasteiger partial charge in [0.15, 0.2) is 0 Å². The Kier molecular flexibility index (Phi) is 1.70. The molecular weight excluding hydrogens is 192 g/mol. The van der Waals surface area contributed by atoms with E-state index in [0.717, 1.165) is 0 Å². The fourth-order valence-electron chi connectivity index (χ4n) is 1.14. The van der Waals surface area contributed by atoms with E-state index in [0.29, 0.717) is 10.9 Å². The molecule has 0 spiro atoms. The number of aromatic nitrogens is 2. The van der Waals surface area contributed by atoms with Crippen LogP contribution < -0.4 is 5.69 Å². The van der Waals surface area contributed by atoms with Gasteiger partial charge in [-0.15, -0.1) is 0 Å². The Balaban J connectivity index is 3.03. The minimum absolute atomic E-state index is 0.00579. The van der Waals surface area contributed by atoms with Gasteiger partial charge in [-0.25, -0.2) is 4.79 Å². The van der Waals surface area contributed by atoms with Gasteiger partial charge < -0.3 is 5.11 Å². The number of benzene rings is 1. The fraction of sp³-hybridized carbons (Fsp3) is 0. The van der Waals surface area contributed by atoms with Crippen molar-refractivity contribution in [3.63, 3.8) is 0 Å². The number of nitrogens with zero attached hydrogens (tertiary/aromatic N) is 1. The standard InChI is InChI=1S/C8H5ClN2O2/c9-7-6-4(10-8(13)11-7)2-1-3-5(6)12/h1-3,12H,(H,10,11,13). The van der Waals surface area contributed by atoms with E-state index in [9.17, 15) is 9.90 Å². The molecule has 13 heavy (non-hydrogen) atoms. The summed E-state index contributed by atoms with van der Waals surface area (Å²) in [7, 11) is 0. The highest BCUT2D eigenvalue weighted by Gasteiger charge is 2.05. The third-order valence-electron chi connectivity index (χ3n) is 1.68. The molecule has 0 saturated carbocycles. The number of hydrogen-bond donors (Lipinski definition) is 2. The molecule has 0 fully saturated rings. The Morgan fingerprint density at radius 3 is 3.00 bits per heavy atom. The maximum Gasteiger partial charge on any atom is 0.346 e. The molecule has 2 N–H and O–H groups in total. The highest BCUT2D eigenvalue weighted by Crippen LogP contribution is 2.26. The van der Waals surface area contributed by atoms with E-state index in [-0.39, 0.29) is 10.9 Å². The number of rotatable bonds is 0. The number of phenolic OH excluding ortho intramolecular Hbond substituents is 1. The maximum absolute atomic E-state index is 10.9. The first kappa shape index (κ1) is 8.07. The predicted octanol–water partition coefficient (Wildman–Crippen LogP) is 1.28. The zero-order chi connectivity index (χ0) is 9.42. The van der Waals surface area contributed by atoms with Crippen LogP contribution in [0.2, 0.25) is 5.15 Å². The molecule has 5 heteroatoms. The molecule has 0 unspecified atom stereocenters. The summed E-state index contributed by atoms with van der Waals surface area (Å²) < 4.78 is 0. The van der Waals surface area contributed by atoms with Crippen molar-refractivity contribution in [1.29, 1.82) is 0 Å². The number of nitrogens with one attached hydrogen (secondary N) is 1. The second-order valence-corrected chi connectivity index (χ2v) is 2.91. The molecule has 0 saturated heterocycles. The second-order valence-electron chi connectivity index (χ2n) is 2.53. The summed E-state index contributed by atoms with van der Waals surface area (Å²) in [4.78, 5) is 16.8. The summed E-state index contributed by atoms with van der Waals surface area (Å²) in [6, 6.07) is 4.69. The largest absolute Gasteiger partial charge is 0.507 e. The molecule has 0 aliphatic rings. The third-order valence-corrected chi connectivity index (χ3v) is 1.96. The molecule has 0 atom stereocenters. The summed E-state index contributed by atoms with van der Waals surface area (Å²) in [5.74, 6) is 0.00579. The minimum Gasteiger partial charge on any atom is -0.507 e. The molecular formula is C8H5ClN2O2. The average Bonchev–Trinajstić information content (AvgIpc) is 2.02. The summed E-state index contributed by atoms with van der Waals surface area (Å²) >= 11 is 5.71. The Morgan fingerprint density at radius 2 is 2.23 bits per heavy atom. The third kappa shape index (κ3) is 1.25. The average molecular weight is 197 g/mol. The van der Waals surface area contributed by atoms with Crippen molar-refractivity contribution in [3.05, 3.63) is 33.8 Å². The molecule has 0 aliphatic heterocycles. The van der Waals surface area contributed by atoms with Gasteiger partial charge in [-0.1, -0.05) is 17.7 Å². The zero-order valence-electron chi connectivity index (χ0n) is 6.41. The fourth-order valence-corrected chi connectivity index (χ4v) is 1.41. The summed E-state index contributed by atoms with van der Waals surface area (Å²) in [6.45, 7) is 0. The van der Waals surface area contributed by atoms with Crippen molar-refractivity contribution in [2.45, 2.75) is 0 Å². The normalized spacial score (nSPS) is 10.5. The van der Waals surface area contributed by atoms with Crippen molar-refractivity contribution in [1.82, 2.24) is 9.97 Å². The van der Waals surface area contributed by atoms with Crippen LogP contribution in [0.5, 0.6) is 5.75 Å². The number of fused-ring (bicyclic) bond motifs is 1. The first-order valence-corrected chi connectivity index (χ1v) is 3.94. The van der Waals surface area contributed by atoms with E-state index in [1.54, 1.807) is 12.1 Å². The van der Waals surface area contributed by atoms with Crippen LogP contribution in [0.15, 0.2) is 23.0 Å². The smallest absolute Gasteiger partial charge is 0.346 e. The Bertz CT molecular complexity index is 521. The van der Waals surface area contributed by atoms with E-state index in [1.807, 2.05) is 0 Å². The van der Waals surface area contributed by atoms with Gasteiger partial charge in [0.25, 0.3) is 0 Å². The molecule has 4 nitrogen and oxygen atoms in total.